The van der Waals surface area contributed by atoms with Crippen LogP contribution >= 0.6 is 15.9 Å². The monoisotopic (exact) mass is 403 g/mol. The zero-order valence-electron chi connectivity index (χ0n) is 13.9. The molecular formula is C18H18BrN3O3. The van der Waals surface area contributed by atoms with Crippen molar-refractivity contribution >= 4 is 38.8 Å². The lowest BCUT2D eigenvalue weighted by Gasteiger charge is -2.13. The van der Waals surface area contributed by atoms with E-state index in [2.05, 4.69) is 31.2 Å². The van der Waals surface area contributed by atoms with Crippen LogP contribution in [-0.2, 0) is 0 Å². The maximum absolute atomic E-state index is 12.5. The number of anilines is 1. The van der Waals surface area contributed by atoms with Crippen LogP contribution in [0.4, 0.5) is 5.95 Å². The number of rotatable bonds is 6. The van der Waals surface area contributed by atoms with E-state index in [0.717, 1.165) is 17.5 Å². The molecule has 0 radical (unpaired) electrons. The normalized spacial score (nSPS) is 10.7. The first-order valence-electron chi connectivity index (χ1n) is 7.88. The van der Waals surface area contributed by atoms with Crippen molar-refractivity contribution in [1.82, 2.24) is 9.97 Å². The lowest BCUT2D eigenvalue weighted by atomic mass is 10.2. The SMILES string of the molecule is CCCOc1c(Br)cc(C(=O)Nc2nc3ccccc3[nH]2)cc1OC. The summed E-state index contributed by atoms with van der Waals surface area (Å²) in [6, 6.07) is 10.9. The topological polar surface area (TPSA) is 76.2 Å². The number of nitrogens with one attached hydrogen (secondary N) is 2. The van der Waals surface area contributed by atoms with E-state index in [9.17, 15) is 4.79 Å². The highest BCUT2D eigenvalue weighted by Crippen LogP contribution is 2.37. The van der Waals surface area contributed by atoms with Crippen LogP contribution in [0.3, 0.4) is 0 Å². The number of aromatic nitrogens is 2. The number of nitrogens with zero attached hydrogens (tertiary/aromatic N) is 1. The third kappa shape index (κ3) is 3.76. The van der Waals surface area contributed by atoms with Gasteiger partial charge in [0.1, 0.15) is 0 Å². The van der Waals surface area contributed by atoms with Crippen LogP contribution in [0.25, 0.3) is 11.0 Å². The Morgan fingerprint density at radius 1 is 1.32 bits per heavy atom. The molecule has 0 aliphatic carbocycles. The Hall–Kier alpha value is -2.54. The molecule has 0 aliphatic rings. The van der Waals surface area contributed by atoms with Gasteiger partial charge in [0.05, 0.1) is 29.2 Å². The number of H-pyrrole nitrogens is 1. The van der Waals surface area contributed by atoms with E-state index >= 15 is 0 Å². The summed E-state index contributed by atoms with van der Waals surface area (Å²) in [6.07, 6.45) is 0.879. The fourth-order valence-corrected chi connectivity index (χ4v) is 2.94. The van der Waals surface area contributed by atoms with E-state index in [4.69, 9.17) is 9.47 Å². The van der Waals surface area contributed by atoms with Crippen LogP contribution in [-0.4, -0.2) is 29.6 Å². The zero-order chi connectivity index (χ0) is 17.8. The number of benzene rings is 2. The molecule has 130 valence electrons. The average Bonchev–Trinajstić information content (AvgIpc) is 3.02. The van der Waals surface area contributed by atoms with E-state index < -0.39 is 0 Å². The Balaban J connectivity index is 1.85. The maximum atomic E-state index is 12.5. The molecule has 0 saturated carbocycles. The van der Waals surface area contributed by atoms with Gasteiger partial charge >= 0.3 is 0 Å². The van der Waals surface area contributed by atoms with Crippen molar-refractivity contribution in [2.24, 2.45) is 0 Å². The van der Waals surface area contributed by atoms with E-state index in [1.54, 1.807) is 19.2 Å². The molecule has 3 rings (SSSR count). The molecule has 0 saturated heterocycles. The van der Waals surface area contributed by atoms with E-state index in [1.165, 1.54) is 0 Å². The van der Waals surface area contributed by atoms with Crippen LogP contribution in [0.1, 0.15) is 23.7 Å². The maximum Gasteiger partial charge on any atom is 0.258 e. The number of para-hydroxylation sites is 2. The second-order valence-electron chi connectivity index (χ2n) is 5.39. The molecule has 1 aromatic heterocycles. The molecule has 2 N–H and O–H groups in total. The first-order chi connectivity index (χ1) is 12.1. The Morgan fingerprint density at radius 2 is 2.12 bits per heavy atom. The molecule has 3 aromatic rings. The highest BCUT2D eigenvalue weighted by molar-refractivity contribution is 9.10. The number of imidazole rings is 1. The molecule has 0 fully saturated rings. The highest BCUT2D eigenvalue weighted by Gasteiger charge is 2.16. The van der Waals surface area contributed by atoms with Gasteiger partial charge in [-0.05, 0) is 46.6 Å². The van der Waals surface area contributed by atoms with Crippen LogP contribution in [0.15, 0.2) is 40.9 Å². The largest absolute Gasteiger partial charge is 0.493 e. The van der Waals surface area contributed by atoms with Gasteiger partial charge in [0.25, 0.3) is 5.91 Å². The summed E-state index contributed by atoms with van der Waals surface area (Å²) >= 11 is 3.44. The molecule has 1 heterocycles. The first-order valence-corrected chi connectivity index (χ1v) is 8.68. The number of ether oxygens (including phenoxy) is 2. The number of hydrogen-bond donors (Lipinski definition) is 2. The fraction of sp³-hybridized carbons (Fsp3) is 0.222. The number of carbonyl (C=O) groups excluding carboxylic acids is 1. The van der Waals surface area contributed by atoms with Crippen molar-refractivity contribution in [3.63, 3.8) is 0 Å². The minimum atomic E-state index is -0.292. The number of aromatic amines is 1. The Kier molecular flexibility index (Phi) is 5.23. The predicted molar refractivity (Wildman–Crippen MR) is 101 cm³/mol. The van der Waals surface area contributed by atoms with Crippen molar-refractivity contribution in [3.8, 4) is 11.5 Å². The first kappa shape index (κ1) is 17.3. The van der Waals surface area contributed by atoms with Crippen LogP contribution < -0.4 is 14.8 Å². The standard InChI is InChI=1S/C18H18BrN3O3/c1-3-8-25-16-12(19)9-11(10-15(16)24-2)17(23)22-18-20-13-6-4-5-7-14(13)21-18/h4-7,9-10H,3,8H2,1-2H3,(H2,20,21,22,23). The van der Waals surface area contributed by atoms with E-state index in [1.807, 2.05) is 31.2 Å². The summed E-state index contributed by atoms with van der Waals surface area (Å²) in [5, 5.41) is 2.77. The molecule has 0 bridgehead atoms. The number of amides is 1. The van der Waals surface area contributed by atoms with Crippen molar-refractivity contribution < 1.29 is 14.3 Å². The third-order valence-corrected chi connectivity index (χ3v) is 4.15. The van der Waals surface area contributed by atoms with Crippen LogP contribution in [0.5, 0.6) is 11.5 Å². The van der Waals surface area contributed by atoms with Crippen molar-refractivity contribution in [2.45, 2.75) is 13.3 Å². The zero-order valence-corrected chi connectivity index (χ0v) is 15.5. The van der Waals surface area contributed by atoms with Gasteiger partial charge in [0.2, 0.25) is 5.95 Å². The summed E-state index contributed by atoms with van der Waals surface area (Å²) in [5.74, 6) is 1.19. The number of carbonyl (C=O) groups is 1. The van der Waals surface area contributed by atoms with Gasteiger partial charge in [-0.2, -0.15) is 0 Å². The second kappa shape index (κ2) is 7.57. The summed E-state index contributed by atoms with van der Waals surface area (Å²) in [4.78, 5) is 20.0. The summed E-state index contributed by atoms with van der Waals surface area (Å²) < 4.78 is 11.7. The fourth-order valence-electron chi connectivity index (χ4n) is 2.39. The third-order valence-electron chi connectivity index (χ3n) is 3.56. The molecule has 0 aliphatic heterocycles. The minimum Gasteiger partial charge on any atom is -0.493 e. The molecule has 6 nitrogen and oxygen atoms in total. The summed E-state index contributed by atoms with van der Waals surface area (Å²) in [5.41, 5.74) is 2.09. The molecule has 2 aromatic carbocycles. The van der Waals surface area contributed by atoms with Gasteiger partial charge in [-0.25, -0.2) is 4.98 Å². The van der Waals surface area contributed by atoms with Gasteiger partial charge in [-0.3, -0.25) is 10.1 Å². The Bertz CT molecular complexity index is 875. The van der Waals surface area contributed by atoms with Gasteiger partial charge in [-0.15, -0.1) is 0 Å². The summed E-state index contributed by atoms with van der Waals surface area (Å²) in [7, 11) is 1.54. The van der Waals surface area contributed by atoms with Gasteiger partial charge in [0.15, 0.2) is 11.5 Å². The number of methoxy groups -OCH3 is 1. The molecular weight excluding hydrogens is 386 g/mol. The Labute approximate surface area is 153 Å². The molecule has 25 heavy (non-hydrogen) atoms. The van der Waals surface area contributed by atoms with Gasteiger partial charge < -0.3 is 14.5 Å². The summed E-state index contributed by atoms with van der Waals surface area (Å²) in [6.45, 7) is 2.59. The van der Waals surface area contributed by atoms with Crippen molar-refractivity contribution in [3.05, 3.63) is 46.4 Å². The van der Waals surface area contributed by atoms with E-state index in [0.29, 0.717) is 34.1 Å². The molecule has 0 unspecified atom stereocenters. The number of halogens is 1. The molecule has 7 heteroatoms. The molecule has 0 spiro atoms. The Morgan fingerprint density at radius 3 is 2.84 bits per heavy atom. The number of fused-ring (bicyclic) bond motifs is 1. The van der Waals surface area contributed by atoms with Crippen molar-refractivity contribution in [2.75, 3.05) is 19.0 Å². The number of hydrogen-bond acceptors (Lipinski definition) is 4. The second-order valence-corrected chi connectivity index (χ2v) is 6.25. The smallest absolute Gasteiger partial charge is 0.258 e. The van der Waals surface area contributed by atoms with Crippen LogP contribution in [0.2, 0.25) is 0 Å². The molecule has 0 atom stereocenters. The van der Waals surface area contributed by atoms with Gasteiger partial charge in [0, 0.05) is 5.56 Å². The lowest BCUT2D eigenvalue weighted by Crippen LogP contribution is -2.13. The van der Waals surface area contributed by atoms with Crippen molar-refractivity contribution in [1.29, 1.82) is 0 Å². The minimum absolute atomic E-state index is 0.292. The average molecular weight is 404 g/mol. The lowest BCUT2D eigenvalue weighted by molar-refractivity contribution is 0.102. The molecule has 1 amide bonds. The quantitative estimate of drug-likeness (QED) is 0.640. The van der Waals surface area contributed by atoms with E-state index in [-0.39, 0.29) is 5.91 Å². The van der Waals surface area contributed by atoms with Crippen LogP contribution in [0, 0.1) is 0 Å². The van der Waals surface area contributed by atoms with Gasteiger partial charge in [-0.1, -0.05) is 19.1 Å². The predicted octanol–water partition coefficient (Wildman–Crippen LogP) is 4.38. The highest BCUT2D eigenvalue weighted by atomic mass is 79.9.